The molecule has 0 saturated carbocycles. The second-order valence-electron chi connectivity index (χ2n) is 8.01. The van der Waals surface area contributed by atoms with E-state index < -0.39 is 13.3 Å². The predicted molar refractivity (Wildman–Crippen MR) is 115 cm³/mol. The maximum absolute atomic E-state index is 12.2. The summed E-state index contributed by atoms with van der Waals surface area (Å²) in [6.07, 6.45) is 10.3. The second-order valence-corrected chi connectivity index (χ2v) is 10.4. The van der Waals surface area contributed by atoms with Crippen molar-refractivity contribution in [3.05, 3.63) is 11.6 Å². The Hall–Kier alpha value is -0.640. The van der Waals surface area contributed by atoms with Crippen LogP contribution in [0.1, 0.15) is 79.1 Å². The van der Waals surface area contributed by atoms with Crippen LogP contribution in [0.25, 0.3) is 0 Å². The summed E-state index contributed by atoms with van der Waals surface area (Å²) >= 11 is 0. The first-order valence-corrected chi connectivity index (χ1v) is 12.7. The van der Waals surface area contributed by atoms with Crippen molar-refractivity contribution in [2.45, 2.75) is 79.1 Å². The van der Waals surface area contributed by atoms with Gasteiger partial charge >= 0.3 is 5.97 Å². The molecule has 27 heavy (non-hydrogen) atoms. The van der Waals surface area contributed by atoms with E-state index in [0.717, 1.165) is 25.8 Å². The molecule has 6 heteroatoms. The zero-order valence-corrected chi connectivity index (χ0v) is 18.8. The van der Waals surface area contributed by atoms with E-state index in [1.165, 1.54) is 38.8 Å². The van der Waals surface area contributed by atoms with Gasteiger partial charge in [0.15, 0.2) is 0 Å². The second kappa shape index (κ2) is 15.3. The molecular weight excluding hydrogens is 361 g/mol. The highest BCUT2D eigenvalue weighted by Crippen LogP contribution is 2.44. The Labute approximate surface area is 166 Å². The molecule has 2 N–H and O–H groups in total. The van der Waals surface area contributed by atoms with Crippen LogP contribution >= 0.6 is 7.37 Å². The Morgan fingerprint density at radius 2 is 1.56 bits per heavy atom. The third-order valence-corrected chi connectivity index (χ3v) is 6.70. The summed E-state index contributed by atoms with van der Waals surface area (Å²) in [5.41, 5.74) is 0.0917. The third kappa shape index (κ3) is 15.0. The van der Waals surface area contributed by atoms with Crippen molar-refractivity contribution in [1.29, 1.82) is 0 Å². The van der Waals surface area contributed by atoms with Crippen LogP contribution in [0.4, 0.5) is 0 Å². The van der Waals surface area contributed by atoms with Gasteiger partial charge in [-0.2, -0.15) is 0 Å². The SMILES string of the molecule is CCCCN(CCCC)CCCCC/C=C(/CP(=O)(O)CC(C)C)C(=O)O. The number of aliphatic carboxylic acids is 1. The first-order valence-electron chi connectivity index (χ1n) is 10.7. The van der Waals surface area contributed by atoms with Gasteiger partial charge < -0.3 is 14.9 Å². The average Bonchev–Trinajstić information content (AvgIpc) is 2.56. The number of allylic oxidation sites excluding steroid dienone is 1. The molecule has 0 heterocycles. The Morgan fingerprint density at radius 1 is 1.00 bits per heavy atom. The van der Waals surface area contributed by atoms with E-state index in [-0.39, 0.29) is 23.8 Å². The summed E-state index contributed by atoms with van der Waals surface area (Å²) < 4.78 is 12.2. The highest BCUT2D eigenvalue weighted by atomic mass is 31.2. The normalized spacial score (nSPS) is 14.7. The average molecular weight is 404 g/mol. The molecule has 0 aromatic rings. The lowest BCUT2D eigenvalue weighted by atomic mass is 10.1. The summed E-state index contributed by atoms with van der Waals surface area (Å²) in [7, 11) is -3.41. The molecule has 0 fully saturated rings. The Balaban J connectivity index is 4.30. The van der Waals surface area contributed by atoms with E-state index >= 15 is 0 Å². The van der Waals surface area contributed by atoms with Gasteiger partial charge in [0, 0.05) is 11.7 Å². The van der Waals surface area contributed by atoms with E-state index in [9.17, 15) is 19.4 Å². The monoisotopic (exact) mass is 403 g/mol. The molecule has 1 atom stereocenters. The lowest BCUT2D eigenvalue weighted by Gasteiger charge is -2.21. The Bertz CT molecular complexity index is 469. The minimum Gasteiger partial charge on any atom is -0.478 e. The van der Waals surface area contributed by atoms with Crippen LogP contribution in [-0.4, -0.2) is 52.8 Å². The van der Waals surface area contributed by atoms with Gasteiger partial charge in [-0.3, -0.25) is 4.57 Å². The zero-order valence-electron chi connectivity index (χ0n) is 18.0. The molecule has 0 bridgehead atoms. The van der Waals surface area contributed by atoms with Crippen LogP contribution in [0.5, 0.6) is 0 Å². The lowest BCUT2D eigenvalue weighted by molar-refractivity contribution is -0.132. The largest absolute Gasteiger partial charge is 0.478 e. The van der Waals surface area contributed by atoms with Crippen molar-refractivity contribution in [3.8, 4) is 0 Å². The first-order chi connectivity index (χ1) is 12.7. The molecule has 5 nitrogen and oxygen atoms in total. The summed E-state index contributed by atoms with van der Waals surface area (Å²) in [6, 6.07) is 0. The van der Waals surface area contributed by atoms with Crippen molar-refractivity contribution in [2.24, 2.45) is 5.92 Å². The maximum Gasteiger partial charge on any atom is 0.331 e. The van der Waals surface area contributed by atoms with E-state index in [2.05, 4.69) is 18.7 Å². The Kier molecular flexibility index (Phi) is 14.9. The maximum atomic E-state index is 12.2. The molecule has 0 aromatic carbocycles. The molecule has 160 valence electrons. The summed E-state index contributed by atoms with van der Waals surface area (Å²) in [4.78, 5) is 23.9. The van der Waals surface area contributed by atoms with Gasteiger partial charge in [0.25, 0.3) is 0 Å². The lowest BCUT2D eigenvalue weighted by Crippen LogP contribution is -2.27. The standard InChI is InChI=1S/C21H42NO4P/c1-5-7-14-22(15-8-6-2)16-12-10-9-11-13-20(21(23)24)18-27(25,26)17-19(3)4/h13,19H,5-12,14-18H2,1-4H3,(H,23,24)(H,25,26)/b20-13-. The smallest absolute Gasteiger partial charge is 0.331 e. The zero-order chi connectivity index (χ0) is 20.7. The molecule has 1 unspecified atom stereocenters. The van der Waals surface area contributed by atoms with E-state index in [4.69, 9.17) is 0 Å². The molecule has 0 aliphatic rings. The third-order valence-electron chi connectivity index (χ3n) is 4.57. The number of hydrogen-bond donors (Lipinski definition) is 2. The van der Waals surface area contributed by atoms with Crippen LogP contribution < -0.4 is 0 Å². The fourth-order valence-corrected chi connectivity index (χ4v) is 5.22. The first kappa shape index (κ1) is 26.4. The molecule has 0 spiro atoms. The number of carboxylic acid groups (broad SMARTS) is 1. The van der Waals surface area contributed by atoms with Gasteiger partial charge in [-0.25, -0.2) is 4.79 Å². The van der Waals surface area contributed by atoms with Crippen molar-refractivity contribution >= 4 is 13.3 Å². The van der Waals surface area contributed by atoms with Gasteiger partial charge in [0.05, 0.1) is 6.16 Å². The van der Waals surface area contributed by atoms with Gasteiger partial charge in [-0.05, 0) is 57.7 Å². The minimum atomic E-state index is -3.41. The number of rotatable bonds is 17. The molecule has 0 aliphatic carbocycles. The van der Waals surface area contributed by atoms with E-state index in [1.807, 2.05) is 13.8 Å². The number of hydrogen-bond acceptors (Lipinski definition) is 3. The van der Waals surface area contributed by atoms with E-state index in [0.29, 0.717) is 6.42 Å². The molecule has 0 rings (SSSR count). The van der Waals surface area contributed by atoms with Crippen LogP contribution in [0, 0.1) is 5.92 Å². The van der Waals surface area contributed by atoms with Gasteiger partial charge in [-0.15, -0.1) is 0 Å². The quantitative estimate of drug-likeness (QED) is 0.193. The summed E-state index contributed by atoms with van der Waals surface area (Å²) in [5.74, 6) is -0.988. The van der Waals surface area contributed by atoms with Crippen LogP contribution in [0.3, 0.4) is 0 Å². The van der Waals surface area contributed by atoms with Gasteiger partial charge in [0.1, 0.15) is 0 Å². The van der Waals surface area contributed by atoms with Crippen molar-refractivity contribution in [2.75, 3.05) is 32.0 Å². The molecule has 0 radical (unpaired) electrons. The van der Waals surface area contributed by atoms with Crippen LogP contribution in [0.2, 0.25) is 0 Å². The van der Waals surface area contributed by atoms with Gasteiger partial charge in [-0.1, -0.05) is 53.0 Å². The molecule has 0 aliphatic heterocycles. The number of nitrogens with zero attached hydrogens (tertiary/aromatic N) is 1. The molecular formula is C21H42NO4P. The highest BCUT2D eigenvalue weighted by Gasteiger charge is 2.24. The minimum absolute atomic E-state index is 0.0826. The fourth-order valence-electron chi connectivity index (χ4n) is 3.15. The van der Waals surface area contributed by atoms with Crippen LogP contribution in [-0.2, 0) is 9.36 Å². The van der Waals surface area contributed by atoms with Gasteiger partial charge in [0.2, 0.25) is 7.37 Å². The highest BCUT2D eigenvalue weighted by molar-refractivity contribution is 7.58. The summed E-state index contributed by atoms with van der Waals surface area (Å²) in [5, 5.41) is 9.30. The molecule has 0 saturated heterocycles. The molecule has 0 amide bonds. The fraction of sp³-hybridized carbons (Fsp3) is 0.857. The number of carboxylic acids is 1. The molecule has 0 aromatic heterocycles. The number of unbranched alkanes of at least 4 members (excludes halogenated alkanes) is 5. The van der Waals surface area contributed by atoms with Crippen LogP contribution in [0.15, 0.2) is 11.6 Å². The topological polar surface area (TPSA) is 77.8 Å². The summed E-state index contributed by atoms with van der Waals surface area (Å²) in [6.45, 7) is 11.6. The number of carbonyl (C=O) groups is 1. The van der Waals surface area contributed by atoms with Crippen molar-refractivity contribution in [3.63, 3.8) is 0 Å². The van der Waals surface area contributed by atoms with Crippen molar-refractivity contribution < 1.29 is 19.4 Å². The van der Waals surface area contributed by atoms with Crippen molar-refractivity contribution in [1.82, 2.24) is 4.90 Å². The Morgan fingerprint density at radius 3 is 2.04 bits per heavy atom. The van der Waals surface area contributed by atoms with E-state index in [1.54, 1.807) is 6.08 Å². The predicted octanol–water partition coefficient (Wildman–Crippen LogP) is 5.39.